The molecular formula is C55H31NOS3. The molecule has 0 aliphatic heterocycles. The fraction of sp³-hybridized carbons (Fsp3) is 0. The van der Waals surface area contributed by atoms with Gasteiger partial charge in [-0.25, -0.2) is 4.98 Å². The van der Waals surface area contributed by atoms with Gasteiger partial charge in [0, 0.05) is 67.8 Å². The SMILES string of the molecule is c1ccc2c(c1)oc1ccc(-c3nc4c(-c5ccc(-c6cccc7c6sc6ccccc67)cc5)ccc(-c5ccc(-c6cccc7c6sc6ccccc67)cc5)c4s3)cc12. The molecule has 0 bridgehead atoms. The number of hydrogen-bond donors (Lipinski definition) is 0. The van der Waals surface area contributed by atoms with E-state index < -0.39 is 0 Å². The Kier molecular flexibility index (Phi) is 7.55. The average Bonchev–Trinajstić information content (AvgIpc) is 4.10. The van der Waals surface area contributed by atoms with E-state index >= 15 is 0 Å². The van der Waals surface area contributed by atoms with Crippen LogP contribution in [-0.4, -0.2) is 4.98 Å². The number of thiazole rings is 1. The van der Waals surface area contributed by atoms with Crippen molar-refractivity contribution in [2.45, 2.75) is 0 Å². The van der Waals surface area contributed by atoms with E-state index in [9.17, 15) is 0 Å². The summed E-state index contributed by atoms with van der Waals surface area (Å²) in [6, 6.07) is 68.3. The summed E-state index contributed by atoms with van der Waals surface area (Å²) in [4.78, 5) is 5.47. The zero-order valence-electron chi connectivity index (χ0n) is 32.0. The van der Waals surface area contributed by atoms with Crippen LogP contribution in [0.5, 0.6) is 0 Å². The van der Waals surface area contributed by atoms with Crippen LogP contribution >= 0.6 is 34.0 Å². The van der Waals surface area contributed by atoms with Crippen molar-refractivity contribution < 1.29 is 4.42 Å². The Bertz CT molecular complexity index is 3630. The van der Waals surface area contributed by atoms with E-state index in [2.05, 4.69) is 176 Å². The average molecular weight is 818 g/mol. The molecule has 0 spiro atoms. The van der Waals surface area contributed by atoms with Gasteiger partial charge in [-0.1, -0.05) is 152 Å². The molecule has 0 N–H and O–H groups in total. The number of rotatable bonds is 5. The van der Waals surface area contributed by atoms with Crippen LogP contribution in [0.4, 0.5) is 0 Å². The van der Waals surface area contributed by atoms with Crippen LogP contribution in [0.3, 0.4) is 0 Å². The molecule has 0 aliphatic rings. The Morgan fingerprint density at radius 1 is 0.317 bits per heavy atom. The Morgan fingerprint density at radius 2 is 0.783 bits per heavy atom. The highest BCUT2D eigenvalue weighted by atomic mass is 32.1. The fourth-order valence-electron chi connectivity index (χ4n) is 9.06. The first-order valence-electron chi connectivity index (χ1n) is 20.1. The van der Waals surface area contributed by atoms with E-state index in [0.29, 0.717) is 0 Å². The first-order chi connectivity index (χ1) is 29.7. The minimum atomic E-state index is 0.889. The Labute approximate surface area is 356 Å². The van der Waals surface area contributed by atoms with E-state index in [1.165, 1.54) is 78.4 Å². The minimum absolute atomic E-state index is 0.889. The van der Waals surface area contributed by atoms with Gasteiger partial charge >= 0.3 is 0 Å². The second-order valence-corrected chi connectivity index (χ2v) is 18.5. The Hall–Kier alpha value is -6.89. The summed E-state index contributed by atoms with van der Waals surface area (Å²) >= 11 is 5.52. The highest BCUT2D eigenvalue weighted by molar-refractivity contribution is 7.26. The van der Waals surface area contributed by atoms with Gasteiger partial charge in [-0.2, -0.15) is 0 Å². The maximum Gasteiger partial charge on any atom is 0.135 e. The van der Waals surface area contributed by atoms with Gasteiger partial charge in [0.15, 0.2) is 0 Å². The Balaban J connectivity index is 0.940. The molecule has 13 rings (SSSR count). The summed E-state index contributed by atoms with van der Waals surface area (Å²) in [5.74, 6) is 0. The van der Waals surface area contributed by atoms with Gasteiger partial charge in [0.1, 0.15) is 16.2 Å². The smallest absolute Gasteiger partial charge is 0.135 e. The highest BCUT2D eigenvalue weighted by Gasteiger charge is 2.19. The molecule has 0 amide bonds. The van der Waals surface area contributed by atoms with Crippen LogP contribution in [0, 0.1) is 0 Å². The standard InChI is InChI=1S/C55H31NOS3/c1-4-16-47-41(9-1)46-31-36(27-30-48(46)57-47)55-56-51-37(32-19-21-33(22-20-32)38-12-7-14-44-42-10-2-5-17-49(42)58-52(38)44)28-29-40(54(51)60-55)35-25-23-34(24-26-35)39-13-8-15-45-43-11-3-6-18-50(43)59-53(39)45/h1-31H. The molecule has 0 saturated carbocycles. The third-order valence-electron chi connectivity index (χ3n) is 12.0. The molecule has 13 aromatic rings. The van der Waals surface area contributed by atoms with Crippen molar-refractivity contribution in [3.63, 3.8) is 0 Å². The minimum Gasteiger partial charge on any atom is -0.456 e. The van der Waals surface area contributed by atoms with Gasteiger partial charge < -0.3 is 4.42 Å². The normalized spacial score (nSPS) is 12.0. The zero-order valence-corrected chi connectivity index (χ0v) is 34.4. The lowest BCUT2D eigenvalue weighted by Gasteiger charge is -2.10. The van der Waals surface area contributed by atoms with Crippen molar-refractivity contribution in [3.8, 4) is 55.1 Å². The van der Waals surface area contributed by atoms with E-state index in [1.807, 2.05) is 34.8 Å². The van der Waals surface area contributed by atoms with Crippen LogP contribution in [0.25, 0.3) is 128 Å². The first-order valence-corrected chi connectivity index (χ1v) is 22.5. The van der Waals surface area contributed by atoms with Gasteiger partial charge in [-0.3, -0.25) is 0 Å². The number of thiophene rings is 2. The maximum absolute atomic E-state index is 6.20. The molecule has 280 valence electrons. The van der Waals surface area contributed by atoms with E-state index in [0.717, 1.165) is 49.2 Å². The van der Waals surface area contributed by atoms with E-state index in [4.69, 9.17) is 9.40 Å². The molecule has 0 radical (unpaired) electrons. The van der Waals surface area contributed by atoms with Crippen LogP contribution in [0.2, 0.25) is 0 Å². The summed E-state index contributed by atoms with van der Waals surface area (Å²) in [7, 11) is 0. The molecule has 0 fully saturated rings. The molecule has 0 aliphatic carbocycles. The number of aromatic nitrogens is 1. The third-order valence-corrected chi connectivity index (χ3v) is 15.6. The zero-order chi connectivity index (χ0) is 39.3. The van der Waals surface area contributed by atoms with Crippen LogP contribution in [0.1, 0.15) is 0 Å². The second-order valence-electron chi connectivity index (χ2n) is 15.4. The quantitative estimate of drug-likeness (QED) is 0.173. The molecule has 60 heavy (non-hydrogen) atoms. The van der Waals surface area contributed by atoms with E-state index in [-0.39, 0.29) is 0 Å². The molecular weight excluding hydrogens is 787 g/mol. The van der Waals surface area contributed by atoms with Gasteiger partial charge in [-0.05, 0) is 69.8 Å². The monoisotopic (exact) mass is 817 g/mol. The number of fused-ring (bicyclic) bond motifs is 10. The van der Waals surface area contributed by atoms with Crippen LogP contribution < -0.4 is 0 Å². The van der Waals surface area contributed by atoms with Crippen molar-refractivity contribution in [1.82, 2.24) is 4.98 Å². The van der Waals surface area contributed by atoms with Crippen LogP contribution in [-0.2, 0) is 0 Å². The van der Waals surface area contributed by atoms with E-state index in [1.54, 1.807) is 11.3 Å². The van der Waals surface area contributed by atoms with Crippen molar-refractivity contribution in [3.05, 3.63) is 188 Å². The molecule has 4 heterocycles. The lowest BCUT2D eigenvalue weighted by Crippen LogP contribution is -1.86. The summed E-state index contributed by atoms with van der Waals surface area (Å²) in [6.07, 6.45) is 0. The number of furan rings is 1. The number of benzene rings is 9. The number of hydrogen-bond acceptors (Lipinski definition) is 5. The summed E-state index contributed by atoms with van der Waals surface area (Å²) in [5, 5.41) is 8.50. The van der Waals surface area contributed by atoms with Gasteiger partial charge in [0.05, 0.1) is 10.2 Å². The predicted molar refractivity (Wildman–Crippen MR) is 260 cm³/mol. The lowest BCUT2D eigenvalue weighted by atomic mass is 9.95. The first kappa shape index (κ1) is 34.0. The molecule has 2 nitrogen and oxygen atoms in total. The summed E-state index contributed by atoms with van der Waals surface area (Å²) in [5.41, 5.74) is 13.5. The molecule has 0 atom stereocenters. The topological polar surface area (TPSA) is 26.0 Å². The highest BCUT2D eigenvalue weighted by Crippen LogP contribution is 2.45. The van der Waals surface area contributed by atoms with Gasteiger partial charge in [0.2, 0.25) is 0 Å². The van der Waals surface area contributed by atoms with Crippen molar-refractivity contribution in [2.75, 3.05) is 0 Å². The van der Waals surface area contributed by atoms with Crippen molar-refractivity contribution in [2.24, 2.45) is 0 Å². The summed E-state index contributed by atoms with van der Waals surface area (Å²) < 4.78 is 12.7. The van der Waals surface area contributed by atoms with Crippen LogP contribution in [0.15, 0.2) is 192 Å². The third kappa shape index (κ3) is 5.27. The maximum atomic E-state index is 6.20. The van der Waals surface area contributed by atoms with Gasteiger partial charge in [0.25, 0.3) is 0 Å². The number of nitrogens with zero attached hydrogens (tertiary/aromatic N) is 1. The molecule has 4 aromatic heterocycles. The van der Waals surface area contributed by atoms with Crippen molar-refractivity contribution >= 4 is 107 Å². The predicted octanol–water partition coefficient (Wildman–Crippen LogP) is 17.3. The lowest BCUT2D eigenvalue weighted by molar-refractivity contribution is 0.669. The fourth-order valence-corrected chi connectivity index (χ4v) is 12.7. The second kappa shape index (κ2) is 13.3. The molecule has 9 aromatic carbocycles. The molecule has 0 unspecified atom stereocenters. The summed E-state index contributed by atoms with van der Waals surface area (Å²) in [6.45, 7) is 0. The molecule has 5 heteroatoms. The number of para-hydroxylation sites is 1. The molecule has 0 saturated heterocycles. The Morgan fingerprint density at radius 3 is 1.40 bits per heavy atom. The van der Waals surface area contributed by atoms with Crippen molar-refractivity contribution in [1.29, 1.82) is 0 Å². The largest absolute Gasteiger partial charge is 0.456 e. The van der Waals surface area contributed by atoms with Gasteiger partial charge in [-0.15, -0.1) is 34.0 Å².